The SMILES string of the molecule is c1ccc(-c2cnc(-n3c4ccccc4c4cc(-c5ccc6c(c5)-c5ccccc5C65c6ccccc6-c6ccccc65)c5c6ccccc6sc5c43)nc2-c2ccccc2)cc1. The minimum absolute atomic E-state index is 0.381. The van der Waals surface area contributed by atoms with Gasteiger partial charge in [0.2, 0.25) is 5.95 Å². The molecule has 1 spiro atoms. The van der Waals surface area contributed by atoms with Gasteiger partial charge in [0, 0.05) is 43.6 Å². The molecule has 0 radical (unpaired) electrons. The molecule has 9 aromatic carbocycles. The minimum atomic E-state index is -0.381. The van der Waals surface area contributed by atoms with Crippen LogP contribution in [0.2, 0.25) is 0 Å². The van der Waals surface area contributed by atoms with Crippen LogP contribution in [-0.2, 0) is 5.41 Å². The molecule has 4 heteroatoms. The largest absolute Gasteiger partial charge is 0.276 e. The monoisotopic (exact) mass is 817 g/mol. The first-order chi connectivity index (χ1) is 31.3. The van der Waals surface area contributed by atoms with E-state index < -0.39 is 0 Å². The van der Waals surface area contributed by atoms with Crippen molar-refractivity contribution in [3.63, 3.8) is 0 Å². The summed E-state index contributed by atoms with van der Waals surface area (Å²) in [6.07, 6.45) is 2.01. The summed E-state index contributed by atoms with van der Waals surface area (Å²) in [5.41, 5.74) is 19.0. The van der Waals surface area contributed by atoms with Gasteiger partial charge >= 0.3 is 0 Å². The van der Waals surface area contributed by atoms with Crippen LogP contribution in [0.3, 0.4) is 0 Å². The van der Waals surface area contributed by atoms with Crippen LogP contribution in [0, 0.1) is 0 Å². The van der Waals surface area contributed by atoms with Gasteiger partial charge in [-0.3, -0.25) is 4.57 Å². The van der Waals surface area contributed by atoms with Crippen LogP contribution in [-0.4, -0.2) is 14.5 Å². The maximum absolute atomic E-state index is 5.49. The third-order valence-electron chi connectivity index (χ3n) is 13.7. The van der Waals surface area contributed by atoms with Crippen molar-refractivity contribution in [3.05, 3.63) is 235 Å². The number of fused-ring (bicyclic) bond motifs is 17. The van der Waals surface area contributed by atoms with Crippen LogP contribution in [0.25, 0.3) is 104 Å². The molecule has 0 atom stereocenters. The molecule has 0 unspecified atom stereocenters. The molecule has 0 saturated carbocycles. The Morgan fingerprint density at radius 2 is 0.984 bits per heavy atom. The van der Waals surface area contributed by atoms with Gasteiger partial charge in [-0.2, -0.15) is 0 Å². The van der Waals surface area contributed by atoms with E-state index in [9.17, 15) is 0 Å². The highest BCUT2D eigenvalue weighted by Crippen LogP contribution is 2.63. The van der Waals surface area contributed by atoms with E-state index in [4.69, 9.17) is 9.97 Å². The average molecular weight is 818 g/mol. The van der Waals surface area contributed by atoms with Gasteiger partial charge in [-0.25, -0.2) is 9.97 Å². The lowest BCUT2D eigenvalue weighted by atomic mass is 9.70. The minimum Gasteiger partial charge on any atom is -0.276 e. The molecule has 3 heterocycles. The normalized spacial score (nSPS) is 13.2. The van der Waals surface area contributed by atoms with Crippen LogP contribution in [0.15, 0.2) is 212 Å². The Balaban J connectivity index is 1.05. The maximum Gasteiger partial charge on any atom is 0.235 e. The van der Waals surface area contributed by atoms with Gasteiger partial charge in [0.15, 0.2) is 0 Å². The predicted octanol–water partition coefficient (Wildman–Crippen LogP) is 15.3. The molecule has 12 aromatic rings. The highest BCUT2D eigenvalue weighted by Gasteiger charge is 2.51. The number of para-hydroxylation sites is 1. The molecular weight excluding hydrogens is 783 g/mol. The summed E-state index contributed by atoms with van der Waals surface area (Å²) >= 11 is 1.86. The Labute approximate surface area is 367 Å². The third kappa shape index (κ3) is 4.68. The zero-order chi connectivity index (χ0) is 41.2. The Morgan fingerprint density at radius 3 is 1.70 bits per heavy atom. The fraction of sp³-hybridized carbons (Fsp3) is 0.0169. The molecule has 3 aromatic heterocycles. The Kier molecular flexibility index (Phi) is 7.20. The van der Waals surface area contributed by atoms with Crippen molar-refractivity contribution in [1.82, 2.24) is 14.5 Å². The van der Waals surface area contributed by atoms with Crippen molar-refractivity contribution in [1.29, 1.82) is 0 Å². The second-order valence-electron chi connectivity index (χ2n) is 16.8. The highest BCUT2D eigenvalue weighted by atomic mass is 32.1. The zero-order valence-corrected chi connectivity index (χ0v) is 34.8. The quantitative estimate of drug-likeness (QED) is 0.177. The first-order valence-corrected chi connectivity index (χ1v) is 22.4. The Hall–Kier alpha value is -7.92. The van der Waals surface area contributed by atoms with Gasteiger partial charge in [-0.05, 0) is 85.5 Å². The Morgan fingerprint density at radius 1 is 0.413 bits per heavy atom. The molecule has 3 nitrogen and oxygen atoms in total. The zero-order valence-electron chi connectivity index (χ0n) is 34.0. The van der Waals surface area contributed by atoms with Gasteiger partial charge in [0.25, 0.3) is 0 Å². The molecule has 14 rings (SSSR count). The number of hydrogen-bond acceptors (Lipinski definition) is 3. The number of rotatable bonds is 4. The lowest BCUT2D eigenvalue weighted by molar-refractivity contribution is 0.794. The van der Waals surface area contributed by atoms with Gasteiger partial charge in [0.05, 0.1) is 26.8 Å². The molecule has 0 fully saturated rings. The van der Waals surface area contributed by atoms with E-state index in [0.29, 0.717) is 5.95 Å². The van der Waals surface area contributed by atoms with Crippen LogP contribution >= 0.6 is 11.3 Å². The highest BCUT2D eigenvalue weighted by molar-refractivity contribution is 7.26. The smallest absolute Gasteiger partial charge is 0.235 e. The summed E-state index contributed by atoms with van der Waals surface area (Å²) in [5.74, 6) is 0.655. The fourth-order valence-corrected chi connectivity index (χ4v) is 12.4. The number of nitrogens with zero attached hydrogens (tertiary/aromatic N) is 3. The van der Waals surface area contributed by atoms with Crippen LogP contribution in [0.5, 0.6) is 0 Å². The number of benzene rings is 9. The van der Waals surface area contributed by atoms with Crippen molar-refractivity contribution in [2.45, 2.75) is 5.41 Å². The van der Waals surface area contributed by atoms with E-state index in [1.165, 1.54) is 86.6 Å². The standard InChI is InChI=1S/C59H35N3S/c1-3-17-36(18-4-1)47-35-60-58(61-55(47)37-19-5-2-6-20-37)62-52-29-15-10-24-42(52)46-34-44(54-43-25-11-16-30-53(43)63-57(54)56(46)62)38-31-32-51-45(33-38)41-23-9-14-28-50(41)59(51)48-26-12-7-21-39(48)40-22-8-13-27-49(40)59/h1-35H. The van der Waals surface area contributed by atoms with Gasteiger partial charge in [-0.15, -0.1) is 11.3 Å². The van der Waals surface area contributed by atoms with Crippen molar-refractivity contribution in [3.8, 4) is 61.7 Å². The van der Waals surface area contributed by atoms with E-state index in [0.717, 1.165) is 33.4 Å². The molecule has 63 heavy (non-hydrogen) atoms. The predicted molar refractivity (Wildman–Crippen MR) is 262 cm³/mol. The van der Waals surface area contributed by atoms with Crippen molar-refractivity contribution >= 4 is 53.3 Å². The second-order valence-corrected chi connectivity index (χ2v) is 17.8. The molecule has 0 amide bonds. The lowest BCUT2D eigenvalue weighted by Gasteiger charge is -2.30. The van der Waals surface area contributed by atoms with Crippen LogP contribution in [0.4, 0.5) is 0 Å². The number of aromatic nitrogens is 3. The van der Waals surface area contributed by atoms with Crippen LogP contribution < -0.4 is 0 Å². The second kappa shape index (κ2) is 13.0. The summed E-state index contributed by atoms with van der Waals surface area (Å²) < 4.78 is 4.80. The van der Waals surface area contributed by atoms with Gasteiger partial charge < -0.3 is 0 Å². The van der Waals surface area contributed by atoms with E-state index in [2.05, 4.69) is 211 Å². The van der Waals surface area contributed by atoms with Crippen molar-refractivity contribution < 1.29 is 0 Å². The average Bonchev–Trinajstić information content (AvgIpc) is 4.08. The molecule has 0 saturated heterocycles. The molecule has 2 aliphatic carbocycles. The lowest BCUT2D eigenvalue weighted by Crippen LogP contribution is -2.25. The summed E-state index contributed by atoms with van der Waals surface area (Å²) in [6, 6.07) is 75.5. The first kappa shape index (κ1) is 34.8. The fourth-order valence-electron chi connectivity index (χ4n) is 11.2. The molecule has 2 aliphatic rings. The molecule has 0 aliphatic heterocycles. The Bertz CT molecular complexity index is 3810. The van der Waals surface area contributed by atoms with E-state index in [1.807, 2.05) is 17.5 Å². The summed E-state index contributed by atoms with van der Waals surface area (Å²) in [4.78, 5) is 10.7. The molecular formula is C59H35N3S. The number of hydrogen-bond donors (Lipinski definition) is 0. The molecule has 0 N–H and O–H groups in total. The van der Waals surface area contributed by atoms with Crippen molar-refractivity contribution in [2.75, 3.05) is 0 Å². The van der Waals surface area contributed by atoms with Crippen LogP contribution in [0.1, 0.15) is 22.3 Å². The summed E-state index contributed by atoms with van der Waals surface area (Å²) in [6.45, 7) is 0. The van der Waals surface area contributed by atoms with E-state index in [1.54, 1.807) is 0 Å². The first-order valence-electron chi connectivity index (χ1n) is 21.6. The summed E-state index contributed by atoms with van der Waals surface area (Å²) in [7, 11) is 0. The van der Waals surface area contributed by atoms with Crippen molar-refractivity contribution in [2.24, 2.45) is 0 Å². The van der Waals surface area contributed by atoms with Gasteiger partial charge in [0.1, 0.15) is 0 Å². The van der Waals surface area contributed by atoms with Gasteiger partial charge in [-0.1, -0.05) is 182 Å². The van der Waals surface area contributed by atoms with E-state index >= 15 is 0 Å². The summed E-state index contributed by atoms with van der Waals surface area (Å²) in [5, 5.41) is 4.88. The topological polar surface area (TPSA) is 30.7 Å². The molecule has 0 bridgehead atoms. The third-order valence-corrected chi connectivity index (χ3v) is 14.9. The number of thiophene rings is 1. The maximum atomic E-state index is 5.49. The molecule has 292 valence electrons. The van der Waals surface area contributed by atoms with E-state index in [-0.39, 0.29) is 5.41 Å².